The van der Waals surface area contributed by atoms with Gasteiger partial charge in [0, 0.05) is 6.42 Å². The molecule has 22 heavy (non-hydrogen) atoms. The van der Waals surface area contributed by atoms with Gasteiger partial charge in [0.05, 0.1) is 5.60 Å². The van der Waals surface area contributed by atoms with E-state index in [1.165, 1.54) is 11.1 Å². The summed E-state index contributed by atoms with van der Waals surface area (Å²) in [5, 5.41) is 9.49. The first-order valence-corrected chi connectivity index (χ1v) is 7.79. The Hall–Kier alpha value is -1.67. The topological polar surface area (TPSA) is 37.3 Å². The standard InChI is InChI=1S/C10H12O.C10H18O/c1-9(11)7-8-10-5-3-2-4-6-10;1-5-10(4,11)8-6-7-9(2)3/h2-6H,7-8H2,1H3;5,7,11H,1,6,8H2,2-4H3. The maximum absolute atomic E-state index is 10.6. The first-order valence-electron chi connectivity index (χ1n) is 7.79. The third-order valence-corrected chi connectivity index (χ3v) is 3.25. The Morgan fingerprint density at radius 1 is 1.23 bits per heavy atom. The van der Waals surface area contributed by atoms with Crippen molar-refractivity contribution >= 4 is 5.78 Å². The molecule has 122 valence electrons. The molecule has 1 aromatic rings. The SMILES string of the molecule is C=CC(C)(O)CCC=C(C)C.CC(=O)CCc1ccccc1. The van der Waals surface area contributed by atoms with Crippen LogP contribution < -0.4 is 0 Å². The summed E-state index contributed by atoms with van der Waals surface area (Å²) in [6.07, 6.45) is 6.91. The molecule has 0 bridgehead atoms. The van der Waals surface area contributed by atoms with E-state index in [2.05, 4.69) is 26.5 Å². The van der Waals surface area contributed by atoms with Crippen molar-refractivity contribution in [2.24, 2.45) is 0 Å². The molecule has 1 atom stereocenters. The maximum Gasteiger partial charge on any atom is 0.130 e. The highest BCUT2D eigenvalue weighted by Gasteiger charge is 2.12. The van der Waals surface area contributed by atoms with E-state index in [0.717, 1.165) is 19.3 Å². The first-order chi connectivity index (χ1) is 10.3. The van der Waals surface area contributed by atoms with Crippen LogP contribution in [0.5, 0.6) is 0 Å². The maximum atomic E-state index is 10.6. The lowest BCUT2D eigenvalue weighted by atomic mass is 10.00. The molecule has 1 aromatic carbocycles. The minimum atomic E-state index is -0.702. The largest absolute Gasteiger partial charge is 0.386 e. The average molecular weight is 302 g/mol. The molecule has 0 amide bonds. The molecule has 0 spiro atoms. The highest BCUT2D eigenvalue weighted by Crippen LogP contribution is 2.13. The number of hydrogen-bond donors (Lipinski definition) is 1. The molecular formula is C20H30O2. The number of Topliss-reactive ketones (excluding diaryl/α,β-unsaturated/α-hetero) is 1. The first kappa shape index (κ1) is 20.3. The van der Waals surface area contributed by atoms with Crippen LogP contribution >= 0.6 is 0 Å². The number of carbonyl (C=O) groups is 1. The van der Waals surface area contributed by atoms with Crippen molar-refractivity contribution in [3.63, 3.8) is 0 Å². The highest BCUT2D eigenvalue weighted by atomic mass is 16.3. The van der Waals surface area contributed by atoms with Crippen molar-refractivity contribution in [2.45, 2.75) is 59.0 Å². The molecule has 0 radical (unpaired) electrons. The smallest absolute Gasteiger partial charge is 0.130 e. The molecule has 2 heteroatoms. The monoisotopic (exact) mass is 302 g/mol. The van der Waals surface area contributed by atoms with Crippen LogP contribution in [-0.4, -0.2) is 16.5 Å². The van der Waals surface area contributed by atoms with E-state index in [0.29, 0.717) is 6.42 Å². The van der Waals surface area contributed by atoms with E-state index in [1.807, 2.05) is 30.3 Å². The lowest BCUT2D eigenvalue weighted by molar-refractivity contribution is -0.116. The summed E-state index contributed by atoms with van der Waals surface area (Å²) < 4.78 is 0. The van der Waals surface area contributed by atoms with Gasteiger partial charge in [-0.15, -0.1) is 6.58 Å². The van der Waals surface area contributed by atoms with Crippen LogP contribution in [0.15, 0.2) is 54.6 Å². The number of aliphatic hydroxyl groups is 1. The van der Waals surface area contributed by atoms with Crippen molar-refractivity contribution in [3.05, 3.63) is 60.2 Å². The predicted octanol–water partition coefficient (Wildman–Crippen LogP) is 4.88. The fraction of sp³-hybridized carbons (Fsp3) is 0.450. The van der Waals surface area contributed by atoms with Gasteiger partial charge in [0.15, 0.2) is 0 Å². The molecule has 0 aliphatic carbocycles. The van der Waals surface area contributed by atoms with Crippen LogP contribution in [-0.2, 0) is 11.2 Å². The Kier molecular flexibility index (Phi) is 10.1. The summed E-state index contributed by atoms with van der Waals surface area (Å²) in [5.74, 6) is 0.258. The molecule has 0 aliphatic rings. The van der Waals surface area contributed by atoms with Gasteiger partial charge in [-0.25, -0.2) is 0 Å². The highest BCUT2D eigenvalue weighted by molar-refractivity contribution is 5.75. The van der Waals surface area contributed by atoms with E-state index in [9.17, 15) is 9.90 Å². The number of rotatable bonds is 7. The second-order valence-electron chi connectivity index (χ2n) is 6.07. The van der Waals surface area contributed by atoms with E-state index < -0.39 is 5.60 Å². The van der Waals surface area contributed by atoms with Crippen LogP contribution in [0.25, 0.3) is 0 Å². The molecule has 0 saturated heterocycles. The summed E-state index contributed by atoms with van der Waals surface area (Å²) >= 11 is 0. The molecule has 0 aromatic heterocycles. The minimum Gasteiger partial charge on any atom is -0.386 e. The van der Waals surface area contributed by atoms with E-state index in [4.69, 9.17) is 0 Å². The van der Waals surface area contributed by atoms with Crippen molar-refractivity contribution in [2.75, 3.05) is 0 Å². The number of ketones is 1. The van der Waals surface area contributed by atoms with Gasteiger partial charge in [-0.3, -0.25) is 0 Å². The van der Waals surface area contributed by atoms with Crippen LogP contribution in [0, 0.1) is 0 Å². The zero-order chi connectivity index (χ0) is 17.0. The van der Waals surface area contributed by atoms with E-state index >= 15 is 0 Å². The van der Waals surface area contributed by atoms with E-state index in [-0.39, 0.29) is 5.78 Å². The number of carbonyl (C=O) groups excluding carboxylic acids is 1. The van der Waals surface area contributed by atoms with Gasteiger partial charge in [0.25, 0.3) is 0 Å². The Morgan fingerprint density at radius 3 is 2.27 bits per heavy atom. The molecule has 1 unspecified atom stereocenters. The quantitative estimate of drug-likeness (QED) is 0.729. The molecular weight excluding hydrogens is 272 g/mol. The van der Waals surface area contributed by atoms with Crippen molar-refractivity contribution in [1.29, 1.82) is 0 Å². The second kappa shape index (κ2) is 11.0. The Morgan fingerprint density at radius 2 is 1.82 bits per heavy atom. The number of hydrogen-bond acceptors (Lipinski definition) is 2. The molecule has 0 heterocycles. The summed E-state index contributed by atoms with van der Waals surface area (Å²) in [6, 6.07) is 10.1. The fourth-order valence-corrected chi connectivity index (χ4v) is 1.72. The van der Waals surface area contributed by atoms with Gasteiger partial charge in [0.2, 0.25) is 0 Å². The number of benzene rings is 1. The Balaban J connectivity index is 0.000000401. The van der Waals surface area contributed by atoms with Gasteiger partial charge in [-0.1, -0.05) is 48.1 Å². The van der Waals surface area contributed by atoms with Crippen molar-refractivity contribution < 1.29 is 9.90 Å². The minimum absolute atomic E-state index is 0.258. The number of aryl methyl sites for hydroxylation is 1. The Bertz CT molecular complexity index is 466. The summed E-state index contributed by atoms with van der Waals surface area (Å²) in [6.45, 7) is 11.1. The van der Waals surface area contributed by atoms with Gasteiger partial charge in [0.1, 0.15) is 5.78 Å². The molecule has 1 N–H and O–H groups in total. The zero-order valence-corrected chi connectivity index (χ0v) is 14.4. The lowest BCUT2D eigenvalue weighted by Crippen LogP contribution is -2.19. The molecule has 0 fully saturated rings. The van der Waals surface area contributed by atoms with Crippen molar-refractivity contribution in [1.82, 2.24) is 0 Å². The van der Waals surface area contributed by atoms with Crippen LogP contribution in [0.4, 0.5) is 0 Å². The normalized spacial score (nSPS) is 12.4. The number of allylic oxidation sites excluding steroid dienone is 2. The third kappa shape index (κ3) is 12.1. The molecule has 2 nitrogen and oxygen atoms in total. The lowest BCUT2D eigenvalue weighted by Gasteiger charge is -2.16. The summed E-state index contributed by atoms with van der Waals surface area (Å²) in [7, 11) is 0. The van der Waals surface area contributed by atoms with Gasteiger partial charge in [-0.2, -0.15) is 0 Å². The fourth-order valence-electron chi connectivity index (χ4n) is 1.72. The third-order valence-electron chi connectivity index (χ3n) is 3.25. The average Bonchev–Trinajstić information content (AvgIpc) is 2.46. The van der Waals surface area contributed by atoms with Gasteiger partial charge < -0.3 is 9.90 Å². The van der Waals surface area contributed by atoms with Crippen LogP contribution in [0.1, 0.15) is 52.5 Å². The summed E-state index contributed by atoms with van der Waals surface area (Å²) in [5.41, 5.74) is 1.83. The molecule has 1 rings (SSSR count). The van der Waals surface area contributed by atoms with Crippen molar-refractivity contribution in [3.8, 4) is 0 Å². The zero-order valence-electron chi connectivity index (χ0n) is 14.4. The van der Waals surface area contributed by atoms with Crippen LogP contribution in [0.2, 0.25) is 0 Å². The van der Waals surface area contributed by atoms with Gasteiger partial charge in [-0.05, 0) is 52.5 Å². The van der Waals surface area contributed by atoms with E-state index in [1.54, 1.807) is 19.9 Å². The predicted molar refractivity (Wildman–Crippen MR) is 94.9 cm³/mol. The molecule has 0 saturated carbocycles. The molecule has 0 aliphatic heterocycles. The van der Waals surface area contributed by atoms with Crippen LogP contribution in [0.3, 0.4) is 0 Å². The van der Waals surface area contributed by atoms with Gasteiger partial charge >= 0.3 is 0 Å². The Labute approximate surface area is 135 Å². The summed E-state index contributed by atoms with van der Waals surface area (Å²) in [4.78, 5) is 10.6. The second-order valence-corrected chi connectivity index (χ2v) is 6.07.